The first-order chi connectivity index (χ1) is 11.3. The molecule has 0 aliphatic heterocycles. The Hall–Kier alpha value is -2.82. The number of carboxylic acids is 1. The largest absolute Gasteiger partial charge is 0.497 e. The molecule has 24 heavy (non-hydrogen) atoms. The third-order valence-corrected chi connectivity index (χ3v) is 3.93. The van der Waals surface area contributed by atoms with Gasteiger partial charge in [0.1, 0.15) is 5.75 Å². The molecule has 0 saturated heterocycles. The van der Waals surface area contributed by atoms with Gasteiger partial charge in [0.05, 0.1) is 12.7 Å². The zero-order chi connectivity index (χ0) is 17.7. The SMILES string of the molecule is COc1ccc(C(C)(C)CNC(=O)c2cccc(C(=O)O)c2)cc1. The first-order valence-corrected chi connectivity index (χ1v) is 7.59. The highest BCUT2D eigenvalue weighted by Crippen LogP contribution is 2.24. The van der Waals surface area contributed by atoms with Gasteiger partial charge in [0.15, 0.2) is 0 Å². The molecule has 0 unspecified atom stereocenters. The van der Waals surface area contributed by atoms with Crippen LogP contribution in [0.25, 0.3) is 0 Å². The van der Waals surface area contributed by atoms with Crippen LogP contribution in [0.4, 0.5) is 0 Å². The van der Waals surface area contributed by atoms with Gasteiger partial charge in [0.2, 0.25) is 0 Å². The van der Waals surface area contributed by atoms with E-state index < -0.39 is 5.97 Å². The standard InChI is InChI=1S/C19H21NO4/c1-19(2,15-7-9-16(24-3)10-8-15)12-20-17(21)13-5-4-6-14(11-13)18(22)23/h4-11H,12H2,1-3H3,(H,20,21)(H,22,23). The van der Waals surface area contributed by atoms with Gasteiger partial charge in [-0.05, 0) is 35.9 Å². The molecule has 0 saturated carbocycles. The van der Waals surface area contributed by atoms with E-state index in [1.165, 1.54) is 12.1 Å². The lowest BCUT2D eigenvalue weighted by Gasteiger charge is -2.26. The van der Waals surface area contributed by atoms with Crippen molar-refractivity contribution in [2.45, 2.75) is 19.3 Å². The average molecular weight is 327 g/mol. The molecule has 2 aromatic carbocycles. The molecular formula is C19H21NO4. The van der Waals surface area contributed by atoms with Crippen molar-refractivity contribution in [2.24, 2.45) is 0 Å². The summed E-state index contributed by atoms with van der Waals surface area (Å²) in [5, 5.41) is 11.9. The molecule has 0 bridgehead atoms. The van der Waals surface area contributed by atoms with E-state index in [0.29, 0.717) is 12.1 Å². The van der Waals surface area contributed by atoms with Gasteiger partial charge in [-0.3, -0.25) is 4.79 Å². The highest BCUT2D eigenvalue weighted by molar-refractivity contribution is 5.97. The fourth-order valence-electron chi connectivity index (χ4n) is 2.34. The molecule has 2 rings (SSSR count). The molecule has 0 heterocycles. The minimum absolute atomic E-state index is 0.0945. The number of nitrogens with one attached hydrogen (secondary N) is 1. The molecule has 0 aromatic heterocycles. The second-order valence-electron chi connectivity index (χ2n) is 6.18. The van der Waals surface area contributed by atoms with Crippen molar-refractivity contribution in [3.8, 4) is 5.75 Å². The first-order valence-electron chi connectivity index (χ1n) is 7.59. The number of carboxylic acid groups (broad SMARTS) is 1. The maximum absolute atomic E-state index is 12.3. The molecule has 0 radical (unpaired) electrons. The Bertz CT molecular complexity index is 735. The van der Waals surface area contributed by atoms with Gasteiger partial charge in [-0.15, -0.1) is 0 Å². The van der Waals surface area contributed by atoms with Crippen molar-refractivity contribution in [3.05, 3.63) is 65.2 Å². The monoisotopic (exact) mass is 327 g/mol. The number of benzene rings is 2. The van der Waals surface area contributed by atoms with E-state index in [0.717, 1.165) is 11.3 Å². The van der Waals surface area contributed by atoms with Crippen molar-refractivity contribution in [1.29, 1.82) is 0 Å². The van der Waals surface area contributed by atoms with Gasteiger partial charge < -0.3 is 15.2 Å². The van der Waals surface area contributed by atoms with Crippen LogP contribution in [0.1, 0.15) is 40.1 Å². The summed E-state index contributed by atoms with van der Waals surface area (Å²) in [5.41, 5.74) is 1.23. The Labute approximate surface area is 141 Å². The van der Waals surface area contributed by atoms with Gasteiger partial charge in [-0.2, -0.15) is 0 Å². The molecule has 0 spiro atoms. The van der Waals surface area contributed by atoms with E-state index in [4.69, 9.17) is 9.84 Å². The molecule has 2 aromatic rings. The lowest BCUT2D eigenvalue weighted by molar-refractivity contribution is 0.0697. The van der Waals surface area contributed by atoms with E-state index in [2.05, 4.69) is 5.32 Å². The van der Waals surface area contributed by atoms with E-state index in [9.17, 15) is 9.59 Å². The van der Waals surface area contributed by atoms with Gasteiger partial charge in [-0.1, -0.05) is 32.0 Å². The molecule has 0 aliphatic carbocycles. The molecule has 126 valence electrons. The van der Waals surface area contributed by atoms with Crippen LogP contribution in [0.15, 0.2) is 48.5 Å². The zero-order valence-corrected chi connectivity index (χ0v) is 14.0. The summed E-state index contributed by atoms with van der Waals surface area (Å²) in [5.74, 6) is -0.563. The van der Waals surface area contributed by atoms with Crippen LogP contribution in [0, 0.1) is 0 Å². The summed E-state index contributed by atoms with van der Waals surface area (Å²) in [7, 11) is 1.62. The Morgan fingerprint density at radius 3 is 2.29 bits per heavy atom. The molecule has 5 nitrogen and oxygen atoms in total. The highest BCUT2D eigenvalue weighted by atomic mass is 16.5. The van der Waals surface area contributed by atoms with Crippen molar-refractivity contribution in [3.63, 3.8) is 0 Å². The number of hydrogen-bond acceptors (Lipinski definition) is 3. The van der Waals surface area contributed by atoms with E-state index >= 15 is 0 Å². The molecule has 0 fully saturated rings. The second kappa shape index (κ2) is 7.17. The van der Waals surface area contributed by atoms with Crippen LogP contribution in [0.3, 0.4) is 0 Å². The van der Waals surface area contributed by atoms with Crippen LogP contribution in [0.5, 0.6) is 5.75 Å². The summed E-state index contributed by atoms with van der Waals surface area (Å²) < 4.78 is 5.15. The predicted molar refractivity (Wildman–Crippen MR) is 91.8 cm³/mol. The summed E-state index contributed by atoms with van der Waals surface area (Å²) in [6.07, 6.45) is 0. The quantitative estimate of drug-likeness (QED) is 0.855. The van der Waals surface area contributed by atoms with Crippen LogP contribution in [-0.2, 0) is 5.41 Å². The van der Waals surface area contributed by atoms with E-state index in [-0.39, 0.29) is 16.9 Å². The maximum atomic E-state index is 12.3. The third-order valence-electron chi connectivity index (χ3n) is 3.93. The molecule has 2 N–H and O–H groups in total. The fraction of sp³-hybridized carbons (Fsp3) is 0.263. The zero-order valence-electron chi connectivity index (χ0n) is 14.0. The van der Waals surface area contributed by atoms with Gasteiger partial charge in [0, 0.05) is 17.5 Å². The number of carbonyl (C=O) groups is 2. The number of methoxy groups -OCH3 is 1. The lowest BCUT2D eigenvalue weighted by Crippen LogP contribution is -2.36. The highest BCUT2D eigenvalue weighted by Gasteiger charge is 2.22. The van der Waals surface area contributed by atoms with Crippen molar-refractivity contribution < 1.29 is 19.4 Å². The number of rotatable bonds is 6. The summed E-state index contributed by atoms with van der Waals surface area (Å²) in [6, 6.07) is 13.7. The smallest absolute Gasteiger partial charge is 0.335 e. The van der Waals surface area contributed by atoms with Crippen LogP contribution in [-0.4, -0.2) is 30.6 Å². The molecule has 0 aliphatic rings. The van der Waals surface area contributed by atoms with Gasteiger partial charge in [0.25, 0.3) is 5.91 Å². The second-order valence-corrected chi connectivity index (χ2v) is 6.18. The van der Waals surface area contributed by atoms with E-state index in [1.54, 1.807) is 19.2 Å². The topological polar surface area (TPSA) is 75.6 Å². The molecular weight excluding hydrogens is 306 g/mol. The Morgan fingerprint density at radius 1 is 1.08 bits per heavy atom. The number of amides is 1. The molecule has 1 amide bonds. The summed E-state index contributed by atoms with van der Waals surface area (Å²) >= 11 is 0. The van der Waals surface area contributed by atoms with Gasteiger partial charge >= 0.3 is 5.97 Å². The average Bonchev–Trinajstić information content (AvgIpc) is 2.60. The first kappa shape index (κ1) is 17.5. The minimum atomic E-state index is -1.05. The summed E-state index contributed by atoms with van der Waals surface area (Å²) in [4.78, 5) is 23.3. The Balaban J connectivity index is 2.06. The number of carbonyl (C=O) groups excluding carboxylic acids is 1. The van der Waals surface area contributed by atoms with Crippen LogP contribution < -0.4 is 10.1 Å². The Kier molecular flexibility index (Phi) is 5.24. The number of hydrogen-bond donors (Lipinski definition) is 2. The maximum Gasteiger partial charge on any atom is 0.335 e. The van der Waals surface area contributed by atoms with Gasteiger partial charge in [-0.25, -0.2) is 4.79 Å². The van der Waals surface area contributed by atoms with Crippen molar-refractivity contribution in [1.82, 2.24) is 5.32 Å². The normalized spacial score (nSPS) is 11.0. The number of ether oxygens (including phenoxy) is 1. The summed E-state index contributed by atoms with van der Waals surface area (Å²) in [6.45, 7) is 4.49. The van der Waals surface area contributed by atoms with Crippen molar-refractivity contribution >= 4 is 11.9 Å². The van der Waals surface area contributed by atoms with E-state index in [1.807, 2.05) is 38.1 Å². The third kappa shape index (κ3) is 4.13. The van der Waals surface area contributed by atoms with Crippen molar-refractivity contribution in [2.75, 3.05) is 13.7 Å². The lowest BCUT2D eigenvalue weighted by atomic mass is 9.84. The Morgan fingerprint density at radius 2 is 1.71 bits per heavy atom. The minimum Gasteiger partial charge on any atom is -0.497 e. The number of aromatic carboxylic acids is 1. The molecule has 5 heteroatoms. The predicted octanol–water partition coefficient (Wildman–Crippen LogP) is 3.10. The van der Waals surface area contributed by atoms with Crippen LogP contribution >= 0.6 is 0 Å². The fourth-order valence-corrected chi connectivity index (χ4v) is 2.34. The molecule has 0 atom stereocenters. The van der Waals surface area contributed by atoms with Crippen LogP contribution in [0.2, 0.25) is 0 Å².